The molecule has 1 saturated carbocycles. The molecule has 5 nitrogen and oxygen atoms in total. The van der Waals surface area contributed by atoms with Gasteiger partial charge in [0.15, 0.2) is 0 Å². The summed E-state index contributed by atoms with van der Waals surface area (Å²) >= 11 is 0. The molecule has 2 aliphatic rings. The lowest BCUT2D eigenvalue weighted by molar-refractivity contribution is -0.185. The lowest BCUT2D eigenvalue weighted by atomic mass is 9.82. The van der Waals surface area contributed by atoms with Gasteiger partial charge < -0.3 is 4.84 Å². The molecule has 1 atom stereocenters. The highest BCUT2D eigenvalue weighted by molar-refractivity contribution is 6.20. The van der Waals surface area contributed by atoms with Crippen molar-refractivity contribution in [3.8, 4) is 0 Å². The summed E-state index contributed by atoms with van der Waals surface area (Å²) in [6.07, 6.45) is 0.800. The first kappa shape index (κ1) is 14.7. The minimum Gasteiger partial charge on any atom is -0.329 e. The predicted octanol–water partition coefficient (Wildman–Crippen LogP) is 2.66. The van der Waals surface area contributed by atoms with E-state index in [4.69, 9.17) is 4.84 Å². The van der Waals surface area contributed by atoms with Gasteiger partial charge in [-0.15, -0.1) is 0 Å². The van der Waals surface area contributed by atoms with Crippen molar-refractivity contribution in [2.24, 2.45) is 5.41 Å². The monoisotopic (exact) mass is 305 g/mol. The Morgan fingerprint density at radius 3 is 2.14 bits per heavy atom. The fourth-order valence-electron chi connectivity index (χ4n) is 3.19. The first-order valence-electron chi connectivity index (χ1n) is 7.31. The average molecular weight is 305 g/mol. The summed E-state index contributed by atoms with van der Waals surface area (Å²) in [5.74, 6) is -2.21. The number of hydroxylamine groups is 2. The van der Waals surface area contributed by atoms with E-state index in [1.165, 1.54) is 19.1 Å². The molecule has 1 aromatic rings. The van der Waals surface area contributed by atoms with Crippen molar-refractivity contribution in [1.29, 1.82) is 0 Å². The van der Waals surface area contributed by atoms with Gasteiger partial charge in [-0.2, -0.15) is 0 Å². The summed E-state index contributed by atoms with van der Waals surface area (Å²) in [5, 5.41) is 0.454. The van der Waals surface area contributed by atoms with E-state index in [1.807, 2.05) is 0 Å². The van der Waals surface area contributed by atoms with Crippen LogP contribution < -0.4 is 0 Å². The molecule has 1 aliphatic heterocycles. The van der Waals surface area contributed by atoms with Gasteiger partial charge in [-0.3, -0.25) is 9.59 Å². The molecule has 6 heteroatoms. The number of hydrogen-bond acceptors (Lipinski definition) is 4. The number of benzene rings is 1. The Morgan fingerprint density at radius 1 is 1.18 bits per heavy atom. The van der Waals surface area contributed by atoms with E-state index in [0.717, 1.165) is 12.8 Å². The van der Waals surface area contributed by atoms with Gasteiger partial charge in [0, 0.05) is 0 Å². The molecule has 3 rings (SSSR count). The maximum atomic E-state index is 14.0. The molecule has 0 aromatic heterocycles. The summed E-state index contributed by atoms with van der Waals surface area (Å²) < 4.78 is 14.0. The molecule has 116 valence electrons. The number of imide groups is 1. The number of rotatable bonds is 3. The van der Waals surface area contributed by atoms with Crippen LogP contribution in [0.4, 0.5) is 4.39 Å². The standard InChI is InChI=1S/C16H16FNO4/c1-10(17)16(8-4-5-9-16)15(21)22-18-13(19)11-6-2-3-7-12(11)14(18)20/h2-3,6-7,10H,4-5,8-9H2,1H3. The topological polar surface area (TPSA) is 63.7 Å². The maximum absolute atomic E-state index is 14.0. The molecule has 0 N–H and O–H groups in total. The molecule has 0 radical (unpaired) electrons. The molecular weight excluding hydrogens is 289 g/mol. The second kappa shape index (κ2) is 5.19. The van der Waals surface area contributed by atoms with Crippen molar-refractivity contribution in [2.45, 2.75) is 38.8 Å². The van der Waals surface area contributed by atoms with Crippen LogP contribution in [0.15, 0.2) is 24.3 Å². The molecule has 1 fully saturated rings. The Labute approximate surface area is 127 Å². The highest BCUT2D eigenvalue weighted by Gasteiger charge is 2.50. The normalized spacial score (nSPS) is 20.9. The van der Waals surface area contributed by atoms with E-state index in [9.17, 15) is 18.8 Å². The summed E-state index contributed by atoms with van der Waals surface area (Å²) in [4.78, 5) is 41.8. The van der Waals surface area contributed by atoms with Gasteiger partial charge in [0.05, 0.1) is 11.1 Å². The Morgan fingerprint density at radius 2 is 1.68 bits per heavy atom. The van der Waals surface area contributed by atoms with Crippen molar-refractivity contribution in [2.75, 3.05) is 0 Å². The molecule has 1 heterocycles. The number of alkyl halides is 1. The zero-order valence-electron chi connectivity index (χ0n) is 12.2. The zero-order valence-corrected chi connectivity index (χ0v) is 12.2. The van der Waals surface area contributed by atoms with Crippen LogP contribution in [0.1, 0.15) is 53.3 Å². The largest absolute Gasteiger partial charge is 0.342 e. The number of nitrogens with zero attached hydrogens (tertiary/aromatic N) is 1. The number of amides is 2. The van der Waals surface area contributed by atoms with Crippen LogP contribution in [0.3, 0.4) is 0 Å². The lowest BCUT2D eigenvalue weighted by Gasteiger charge is -2.28. The van der Waals surface area contributed by atoms with Crippen molar-refractivity contribution in [3.05, 3.63) is 35.4 Å². The van der Waals surface area contributed by atoms with Crippen LogP contribution >= 0.6 is 0 Å². The van der Waals surface area contributed by atoms with Gasteiger partial charge in [0.2, 0.25) is 0 Å². The van der Waals surface area contributed by atoms with E-state index < -0.39 is 29.4 Å². The van der Waals surface area contributed by atoms with Crippen LogP contribution in [-0.4, -0.2) is 29.0 Å². The first-order chi connectivity index (χ1) is 10.5. The minimum absolute atomic E-state index is 0.189. The third-order valence-corrected chi connectivity index (χ3v) is 4.59. The number of hydrogen-bond donors (Lipinski definition) is 0. The average Bonchev–Trinajstić information content (AvgIpc) is 3.09. The van der Waals surface area contributed by atoms with Crippen molar-refractivity contribution >= 4 is 17.8 Å². The highest BCUT2D eigenvalue weighted by atomic mass is 19.1. The van der Waals surface area contributed by atoms with E-state index in [0.29, 0.717) is 17.9 Å². The third-order valence-electron chi connectivity index (χ3n) is 4.59. The molecular formula is C16H16FNO4. The molecule has 1 unspecified atom stereocenters. The van der Waals surface area contributed by atoms with Crippen molar-refractivity contribution in [3.63, 3.8) is 0 Å². The van der Waals surface area contributed by atoms with Gasteiger partial charge in [-0.05, 0) is 31.9 Å². The predicted molar refractivity (Wildman–Crippen MR) is 74.5 cm³/mol. The van der Waals surface area contributed by atoms with Crippen LogP contribution in [0.5, 0.6) is 0 Å². The van der Waals surface area contributed by atoms with Crippen LogP contribution in [0, 0.1) is 5.41 Å². The van der Waals surface area contributed by atoms with Gasteiger partial charge in [-0.1, -0.05) is 30.0 Å². The molecule has 1 aromatic carbocycles. The molecule has 1 aliphatic carbocycles. The molecule has 2 amide bonds. The minimum atomic E-state index is -1.39. The van der Waals surface area contributed by atoms with Gasteiger partial charge in [0.25, 0.3) is 11.8 Å². The maximum Gasteiger partial charge on any atom is 0.342 e. The Bertz CT molecular complexity index is 614. The molecule has 22 heavy (non-hydrogen) atoms. The summed E-state index contributed by atoms with van der Waals surface area (Å²) in [5.41, 5.74) is -0.877. The van der Waals surface area contributed by atoms with Crippen molar-refractivity contribution in [1.82, 2.24) is 5.06 Å². The van der Waals surface area contributed by atoms with E-state index in [1.54, 1.807) is 12.1 Å². The van der Waals surface area contributed by atoms with E-state index in [2.05, 4.69) is 0 Å². The van der Waals surface area contributed by atoms with Crippen LogP contribution in [0.25, 0.3) is 0 Å². The number of halogens is 1. The van der Waals surface area contributed by atoms with E-state index >= 15 is 0 Å². The van der Waals surface area contributed by atoms with Crippen molar-refractivity contribution < 1.29 is 23.6 Å². The third kappa shape index (κ3) is 2.01. The fourth-order valence-corrected chi connectivity index (χ4v) is 3.19. The fraction of sp³-hybridized carbons (Fsp3) is 0.438. The second-order valence-corrected chi connectivity index (χ2v) is 5.81. The molecule has 0 bridgehead atoms. The van der Waals surface area contributed by atoms with Gasteiger partial charge >= 0.3 is 5.97 Å². The Hall–Kier alpha value is -2.24. The smallest absolute Gasteiger partial charge is 0.329 e. The number of carbonyl (C=O) groups excluding carboxylic acids is 3. The number of fused-ring (bicyclic) bond motifs is 1. The van der Waals surface area contributed by atoms with Gasteiger partial charge in [0.1, 0.15) is 11.6 Å². The quantitative estimate of drug-likeness (QED) is 0.805. The lowest BCUT2D eigenvalue weighted by Crippen LogP contribution is -2.43. The summed E-state index contributed by atoms with van der Waals surface area (Å²) in [7, 11) is 0. The SMILES string of the molecule is CC(F)C1(C(=O)ON2C(=O)c3ccccc3C2=O)CCCC1. The number of carbonyl (C=O) groups is 3. The zero-order chi connectivity index (χ0) is 15.9. The summed E-state index contributed by atoms with van der Waals surface area (Å²) in [6, 6.07) is 6.23. The van der Waals surface area contributed by atoms with E-state index in [-0.39, 0.29) is 11.1 Å². The highest BCUT2D eigenvalue weighted by Crippen LogP contribution is 2.44. The summed E-state index contributed by atoms with van der Waals surface area (Å²) in [6.45, 7) is 1.31. The Balaban J connectivity index is 1.84. The molecule has 0 spiro atoms. The Kier molecular flexibility index (Phi) is 3.47. The second-order valence-electron chi connectivity index (χ2n) is 5.81. The first-order valence-corrected chi connectivity index (χ1v) is 7.31. The van der Waals surface area contributed by atoms with Crippen LogP contribution in [-0.2, 0) is 9.63 Å². The van der Waals surface area contributed by atoms with Crippen LogP contribution in [0.2, 0.25) is 0 Å². The molecule has 0 saturated heterocycles. The van der Waals surface area contributed by atoms with Gasteiger partial charge in [-0.25, -0.2) is 9.18 Å².